The van der Waals surface area contributed by atoms with Crippen LogP contribution in [0.3, 0.4) is 0 Å². The largest absolute Gasteiger partial charge is 0.376 e. The molecule has 0 saturated carbocycles. The van der Waals surface area contributed by atoms with Gasteiger partial charge in [-0.1, -0.05) is 6.92 Å². The van der Waals surface area contributed by atoms with Crippen molar-refractivity contribution in [2.24, 2.45) is 11.7 Å². The Hall–Kier alpha value is -0.610. The minimum Gasteiger partial charge on any atom is -0.376 e. The van der Waals surface area contributed by atoms with Crippen LogP contribution in [0.1, 0.15) is 39.0 Å². The zero-order valence-electron chi connectivity index (χ0n) is 10.2. The summed E-state index contributed by atoms with van der Waals surface area (Å²) in [6.45, 7) is 4.10. The van der Waals surface area contributed by atoms with E-state index >= 15 is 0 Å². The minimum absolute atomic E-state index is 0.0622. The molecule has 1 aliphatic rings. The zero-order chi connectivity index (χ0) is 11.8. The van der Waals surface area contributed by atoms with Crippen LogP contribution in [0.2, 0.25) is 0 Å². The molecule has 1 aliphatic heterocycles. The Kier molecular flexibility index (Phi) is 6.42. The third-order valence-electron chi connectivity index (χ3n) is 3.07. The summed E-state index contributed by atoms with van der Waals surface area (Å²) in [5.41, 5.74) is 5.42. The lowest BCUT2D eigenvalue weighted by Crippen LogP contribution is -2.38. The van der Waals surface area contributed by atoms with Gasteiger partial charge in [-0.15, -0.1) is 0 Å². The van der Waals surface area contributed by atoms with Gasteiger partial charge in [-0.2, -0.15) is 0 Å². The molecule has 16 heavy (non-hydrogen) atoms. The number of nitrogens with two attached hydrogens (primary N) is 1. The second kappa shape index (κ2) is 7.63. The normalized spacial score (nSPS) is 22.8. The van der Waals surface area contributed by atoms with E-state index in [1.807, 2.05) is 6.92 Å². The Balaban J connectivity index is 2.12. The third kappa shape index (κ3) is 4.94. The molecule has 3 N–H and O–H groups in total. The van der Waals surface area contributed by atoms with Crippen molar-refractivity contribution in [1.82, 2.24) is 5.32 Å². The van der Waals surface area contributed by atoms with Crippen molar-refractivity contribution < 1.29 is 9.53 Å². The van der Waals surface area contributed by atoms with Crippen LogP contribution >= 0.6 is 0 Å². The predicted molar refractivity (Wildman–Crippen MR) is 64.1 cm³/mol. The molecule has 1 fully saturated rings. The molecule has 4 nitrogen and oxygen atoms in total. The molecule has 94 valence electrons. The van der Waals surface area contributed by atoms with Gasteiger partial charge in [0.25, 0.3) is 0 Å². The lowest BCUT2D eigenvalue weighted by molar-refractivity contribution is -0.125. The van der Waals surface area contributed by atoms with Gasteiger partial charge in [0, 0.05) is 19.1 Å². The van der Waals surface area contributed by atoms with Gasteiger partial charge in [0.1, 0.15) is 0 Å². The van der Waals surface area contributed by atoms with Crippen molar-refractivity contribution in [3.8, 4) is 0 Å². The summed E-state index contributed by atoms with van der Waals surface area (Å²) in [7, 11) is 0. The summed E-state index contributed by atoms with van der Waals surface area (Å²) >= 11 is 0. The summed E-state index contributed by atoms with van der Waals surface area (Å²) in [5.74, 6) is 0.190. The fourth-order valence-corrected chi connectivity index (χ4v) is 1.91. The van der Waals surface area contributed by atoms with E-state index in [0.29, 0.717) is 13.1 Å². The van der Waals surface area contributed by atoms with Crippen LogP contribution < -0.4 is 11.1 Å². The Labute approximate surface area is 97.9 Å². The van der Waals surface area contributed by atoms with Gasteiger partial charge < -0.3 is 15.8 Å². The van der Waals surface area contributed by atoms with Crippen LogP contribution in [0, 0.1) is 5.92 Å². The number of nitrogens with one attached hydrogen (secondary N) is 1. The van der Waals surface area contributed by atoms with Gasteiger partial charge in [0.05, 0.1) is 6.10 Å². The van der Waals surface area contributed by atoms with Crippen LogP contribution in [-0.4, -0.2) is 31.7 Å². The molecule has 1 saturated heterocycles. The highest BCUT2D eigenvalue weighted by Crippen LogP contribution is 2.12. The summed E-state index contributed by atoms with van der Waals surface area (Å²) < 4.78 is 5.55. The van der Waals surface area contributed by atoms with Crippen molar-refractivity contribution in [1.29, 1.82) is 0 Å². The van der Waals surface area contributed by atoms with E-state index in [0.717, 1.165) is 32.3 Å². The second-order valence-electron chi connectivity index (χ2n) is 4.57. The summed E-state index contributed by atoms with van der Waals surface area (Å²) in [4.78, 5) is 11.7. The highest BCUT2D eigenvalue weighted by Gasteiger charge is 2.17. The van der Waals surface area contributed by atoms with Crippen molar-refractivity contribution in [2.75, 3.05) is 19.7 Å². The minimum atomic E-state index is 0.0622. The van der Waals surface area contributed by atoms with Crippen LogP contribution in [0.4, 0.5) is 0 Å². The summed E-state index contributed by atoms with van der Waals surface area (Å²) in [5, 5.41) is 2.96. The van der Waals surface area contributed by atoms with Gasteiger partial charge in [0.2, 0.25) is 5.91 Å². The lowest BCUT2D eigenvalue weighted by Gasteiger charge is -2.23. The van der Waals surface area contributed by atoms with Crippen LogP contribution in [-0.2, 0) is 9.53 Å². The summed E-state index contributed by atoms with van der Waals surface area (Å²) in [6.07, 6.45) is 5.43. The first kappa shape index (κ1) is 13.5. The van der Waals surface area contributed by atoms with Crippen molar-refractivity contribution in [2.45, 2.75) is 45.1 Å². The molecule has 2 unspecified atom stereocenters. The Morgan fingerprint density at radius 2 is 2.38 bits per heavy atom. The first-order chi connectivity index (χ1) is 7.74. The number of carbonyl (C=O) groups excluding carboxylic acids is 1. The molecular weight excluding hydrogens is 204 g/mol. The standard InChI is InChI=1S/C12H24N2O2/c1-10(5-4-7-13)12(15)14-9-11-6-2-3-8-16-11/h10-11H,2-9,13H2,1H3,(H,14,15). The van der Waals surface area contributed by atoms with E-state index < -0.39 is 0 Å². The number of rotatable bonds is 6. The molecule has 0 bridgehead atoms. The third-order valence-corrected chi connectivity index (χ3v) is 3.07. The molecular formula is C12H24N2O2. The highest BCUT2D eigenvalue weighted by molar-refractivity contribution is 5.78. The monoisotopic (exact) mass is 228 g/mol. The van der Waals surface area contributed by atoms with Gasteiger partial charge in [-0.3, -0.25) is 4.79 Å². The molecule has 0 aliphatic carbocycles. The SMILES string of the molecule is CC(CCCN)C(=O)NCC1CCCCO1. The van der Waals surface area contributed by atoms with Crippen LogP contribution in [0.15, 0.2) is 0 Å². The molecule has 1 heterocycles. The Morgan fingerprint density at radius 1 is 1.56 bits per heavy atom. The maximum absolute atomic E-state index is 11.7. The maximum atomic E-state index is 11.7. The molecule has 4 heteroatoms. The van der Waals surface area contributed by atoms with Gasteiger partial charge in [0.15, 0.2) is 0 Å². The smallest absolute Gasteiger partial charge is 0.222 e. The fraction of sp³-hybridized carbons (Fsp3) is 0.917. The number of hydrogen-bond donors (Lipinski definition) is 2. The molecule has 0 aromatic carbocycles. The van der Waals surface area contributed by atoms with E-state index in [4.69, 9.17) is 10.5 Å². The lowest BCUT2D eigenvalue weighted by atomic mass is 10.0. The van der Waals surface area contributed by atoms with Crippen molar-refractivity contribution >= 4 is 5.91 Å². The quantitative estimate of drug-likeness (QED) is 0.714. The average Bonchev–Trinajstić information content (AvgIpc) is 2.34. The molecule has 0 aromatic heterocycles. The highest BCUT2D eigenvalue weighted by atomic mass is 16.5. The van der Waals surface area contributed by atoms with Gasteiger partial charge >= 0.3 is 0 Å². The number of ether oxygens (including phenoxy) is 1. The van der Waals surface area contributed by atoms with E-state index in [1.54, 1.807) is 0 Å². The molecule has 1 rings (SSSR count). The van der Waals surface area contributed by atoms with E-state index in [2.05, 4.69) is 5.32 Å². The number of hydrogen-bond acceptors (Lipinski definition) is 3. The average molecular weight is 228 g/mol. The Bertz CT molecular complexity index is 203. The molecule has 0 spiro atoms. The van der Waals surface area contributed by atoms with Gasteiger partial charge in [-0.05, 0) is 38.6 Å². The van der Waals surface area contributed by atoms with Gasteiger partial charge in [-0.25, -0.2) is 0 Å². The molecule has 1 amide bonds. The first-order valence-corrected chi connectivity index (χ1v) is 6.33. The van der Waals surface area contributed by atoms with E-state index in [1.165, 1.54) is 6.42 Å². The molecule has 0 aromatic rings. The Morgan fingerprint density at radius 3 is 3.00 bits per heavy atom. The number of amides is 1. The summed E-state index contributed by atoms with van der Waals surface area (Å²) in [6, 6.07) is 0. The maximum Gasteiger partial charge on any atom is 0.222 e. The van der Waals surface area contributed by atoms with Crippen LogP contribution in [0.25, 0.3) is 0 Å². The topological polar surface area (TPSA) is 64.4 Å². The predicted octanol–water partition coefficient (Wildman–Crippen LogP) is 1.05. The van der Waals surface area contributed by atoms with Crippen LogP contribution in [0.5, 0.6) is 0 Å². The zero-order valence-corrected chi connectivity index (χ0v) is 10.2. The van der Waals surface area contributed by atoms with E-state index in [-0.39, 0.29) is 17.9 Å². The van der Waals surface area contributed by atoms with E-state index in [9.17, 15) is 4.79 Å². The fourth-order valence-electron chi connectivity index (χ4n) is 1.91. The molecule has 0 radical (unpaired) electrons. The molecule has 2 atom stereocenters. The first-order valence-electron chi connectivity index (χ1n) is 6.33. The second-order valence-corrected chi connectivity index (χ2v) is 4.57. The van der Waals surface area contributed by atoms with Crippen molar-refractivity contribution in [3.63, 3.8) is 0 Å². The number of carbonyl (C=O) groups is 1. The van der Waals surface area contributed by atoms with Crippen molar-refractivity contribution in [3.05, 3.63) is 0 Å².